The van der Waals surface area contributed by atoms with Gasteiger partial charge in [0.25, 0.3) is 0 Å². The highest BCUT2D eigenvalue weighted by molar-refractivity contribution is 5.90. The van der Waals surface area contributed by atoms with Crippen LogP contribution in [0.3, 0.4) is 0 Å². The highest BCUT2D eigenvalue weighted by Gasteiger charge is 2.04. The van der Waals surface area contributed by atoms with Crippen molar-refractivity contribution in [2.24, 2.45) is 5.84 Å². The summed E-state index contributed by atoms with van der Waals surface area (Å²) in [6.07, 6.45) is 2.93. The average Bonchev–Trinajstić information content (AvgIpc) is 2.43. The molecule has 0 aliphatic rings. The van der Waals surface area contributed by atoms with Crippen LogP contribution in [0.5, 0.6) is 5.75 Å². The summed E-state index contributed by atoms with van der Waals surface area (Å²) in [5.41, 5.74) is 2.77. The molecule has 20 heavy (non-hydrogen) atoms. The minimum atomic E-state index is -0.151. The number of benzene rings is 1. The van der Waals surface area contributed by atoms with Crippen LogP contribution >= 0.6 is 0 Å². The number of nitrogens with one attached hydrogen (secondary N) is 2. The van der Waals surface area contributed by atoms with Crippen LogP contribution in [0.25, 0.3) is 0 Å². The Morgan fingerprint density at radius 1 is 1.20 bits per heavy atom. The van der Waals surface area contributed by atoms with E-state index in [2.05, 4.69) is 10.7 Å². The van der Waals surface area contributed by atoms with E-state index >= 15 is 0 Å². The summed E-state index contributed by atoms with van der Waals surface area (Å²) in [5, 5.41) is 2.72. The fourth-order valence-electron chi connectivity index (χ4n) is 1.70. The maximum atomic E-state index is 11.1. The quantitative estimate of drug-likeness (QED) is 0.291. The molecular formula is C14H21N3O3. The van der Waals surface area contributed by atoms with Crippen LogP contribution in [-0.4, -0.2) is 18.4 Å². The molecule has 0 aliphatic carbocycles. The van der Waals surface area contributed by atoms with Crippen LogP contribution in [0.4, 0.5) is 5.69 Å². The topological polar surface area (TPSA) is 93.4 Å². The Bertz CT molecular complexity index is 449. The number of anilines is 1. The van der Waals surface area contributed by atoms with Gasteiger partial charge in [0.05, 0.1) is 12.3 Å². The number of unbranched alkanes of at least 4 members (excludes halogenated alkanes) is 2. The Balaban J connectivity index is 2.28. The van der Waals surface area contributed by atoms with Crippen molar-refractivity contribution in [3.63, 3.8) is 0 Å². The van der Waals surface area contributed by atoms with Gasteiger partial charge in [-0.15, -0.1) is 0 Å². The zero-order valence-corrected chi connectivity index (χ0v) is 11.6. The lowest BCUT2D eigenvalue weighted by Crippen LogP contribution is -2.29. The van der Waals surface area contributed by atoms with E-state index < -0.39 is 0 Å². The van der Waals surface area contributed by atoms with E-state index in [1.807, 2.05) is 18.2 Å². The Morgan fingerprint density at radius 2 is 1.95 bits per heavy atom. The molecule has 110 valence electrons. The van der Waals surface area contributed by atoms with Crippen LogP contribution < -0.4 is 21.3 Å². The number of hydrogen-bond acceptors (Lipinski definition) is 4. The van der Waals surface area contributed by atoms with E-state index in [0.717, 1.165) is 19.3 Å². The number of nitrogens with two attached hydrogens (primary N) is 1. The van der Waals surface area contributed by atoms with Gasteiger partial charge in [0, 0.05) is 13.3 Å². The first-order valence-electron chi connectivity index (χ1n) is 6.62. The smallest absolute Gasteiger partial charge is 0.233 e. The first-order chi connectivity index (χ1) is 9.63. The minimum absolute atomic E-state index is 0.131. The van der Waals surface area contributed by atoms with Crippen molar-refractivity contribution in [3.8, 4) is 5.75 Å². The molecule has 0 aromatic heterocycles. The van der Waals surface area contributed by atoms with Gasteiger partial charge in [-0.3, -0.25) is 15.0 Å². The lowest BCUT2D eigenvalue weighted by molar-refractivity contribution is -0.121. The summed E-state index contributed by atoms with van der Waals surface area (Å²) in [6.45, 7) is 2.00. The van der Waals surface area contributed by atoms with Gasteiger partial charge >= 0.3 is 0 Å². The molecular weight excluding hydrogens is 258 g/mol. The van der Waals surface area contributed by atoms with E-state index in [1.165, 1.54) is 6.92 Å². The predicted molar refractivity (Wildman–Crippen MR) is 77.0 cm³/mol. The molecule has 4 N–H and O–H groups in total. The minimum Gasteiger partial charge on any atom is -0.491 e. The van der Waals surface area contributed by atoms with Gasteiger partial charge in [0.2, 0.25) is 11.8 Å². The number of hydrogen-bond donors (Lipinski definition) is 3. The molecule has 0 unspecified atom stereocenters. The fourth-order valence-corrected chi connectivity index (χ4v) is 1.70. The first kappa shape index (κ1) is 16.0. The SMILES string of the molecule is CC(=O)Nc1ccccc1OCCCCCC(=O)NN. The number of ether oxygens (including phenoxy) is 1. The highest BCUT2D eigenvalue weighted by Crippen LogP contribution is 2.23. The van der Waals surface area contributed by atoms with E-state index in [0.29, 0.717) is 24.5 Å². The summed E-state index contributed by atoms with van der Waals surface area (Å²) < 4.78 is 5.63. The zero-order chi connectivity index (χ0) is 14.8. The van der Waals surface area contributed by atoms with Crippen molar-refractivity contribution in [2.45, 2.75) is 32.6 Å². The molecule has 0 radical (unpaired) electrons. The molecule has 0 saturated heterocycles. The van der Waals surface area contributed by atoms with Gasteiger partial charge in [-0.05, 0) is 31.4 Å². The van der Waals surface area contributed by atoms with Crippen molar-refractivity contribution in [3.05, 3.63) is 24.3 Å². The Labute approximate surface area is 118 Å². The molecule has 6 heteroatoms. The van der Waals surface area contributed by atoms with Gasteiger partial charge in [-0.25, -0.2) is 5.84 Å². The third-order valence-electron chi connectivity index (χ3n) is 2.66. The van der Waals surface area contributed by atoms with Gasteiger partial charge < -0.3 is 10.1 Å². The molecule has 0 fully saturated rings. The normalized spacial score (nSPS) is 9.90. The number of carbonyl (C=O) groups is 2. The largest absolute Gasteiger partial charge is 0.491 e. The molecule has 1 aromatic rings. The molecule has 2 amide bonds. The molecule has 1 rings (SSSR count). The maximum Gasteiger partial charge on any atom is 0.233 e. The van der Waals surface area contributed by atoms with E-state index in [4.69, 9.17) is 10.6 Å². The monoisotopic (exact) mass is 279 g/mol. The van der Waals surface area contributed by atoms with E-state index in [-0.39, 0.29) is 11.8 Å². The second-order valence-corrected chi connectivity index (χ2v) is 4.40. The highest BCUT2D eigenvalue weighted by atomic mass is 16.5. The van der Waals surface area contributed by atoms with Gasteiger partial charge in [-0.1, -0.05) is 12.1 Å². The molecule has 0 saturated carbocycles. The van der Waals surface area contributed by atoms with Crippen molar-refractivity contribution >= 4 is 17.5 Å². The summed E-state index contributed by atoms with van der Waals surface area (Å²) in [5.74, 6) is 5.36. The summed E-state index contributed by atoms with van der Waals surface area (Å²) in [7, 11) is 0. The number of amides is 2. The standard InChI is InChI=1S/C14H21N3O3/c1-11(18)16-12-7-4-5-8-13(12)20-10-6-2-3-9-14(19)17-15/h4-5,7-8H,2-3,6,9-10,15H2,1H3,(H,16,18)(H,17,19). The van der Waals surface area contributed by atoms with Crippen LogP contribution in [0, 0.1) is 0 Å². The molecule has 6 nitrogen and oxygen atoms in total. The third kappa shape index (κ3) is 6.19. The summed E-state index contributed by atoms with van der Waals surface area (Å²) >= 11 is 0. The van der Waals surface area contributed by atoms with Crippen molar-refractivity contribution in [1.29, 1.82) is 0 Å². The predicted octanol–water partition coefficient (Wildman–Crippen LogP) is 1.57. The molecule has 1 aromatic carbocycles. The second-order valence-electron chi connectivity index (χ2n) is 4.40. The molecule has 0 aliphatic heterocycles. The van der Waals surface area contributed by atoms with Crippen molar-refractivity contribution in [2.75, 3.05) is 11.9 Å². The fraction of sp³-hybridized carbons (Fsp3) is 0.429. The second kappa shape index (κ2) is 8.92. The van der Waals surface area contributed by atoms with E-state index in [9.17, 15) is 9.59 Å². The van der Waals surface area contributed by atoms with Crippen LogP contribution in [0.2, 0.25) is 0 Å². The van der Waals surface area contributed by atoms with Gasteiger partial charge in [-0.2, -0.15) is 0 Å². The average molecular weight is 279 g/mol. The third-order valence-corrected chi connectivity index (χ3v) is 2.66. The van der Waals surface area contributed by atoms with Crippen LogP contribution in [0.1, 0.15) is 32.6 Å². The van der Waals surface area contributed by atoms with Crippen molar-refractivity contribution in [1.82, 2.24) is 5.43 Å². The number of rotatable bonds is 8. The van der Waals surface area contributed by atoms with Gasteiger partial charge in [0.1, 0.15) is 5.75 Å². The molecule has 0 atom stereocenters. The van der Waals surface area contributed by atoms with Crippen LogP contribution in [-0.2, 0) is 9.59 Å². The van der Waals surface area contributed by atoms with E-state index in [1.54, 1.807) is 6.07 Å². The molecule has 0 spiro atoms. The number of carbonyl (C=O) groups excluding carboxylic acids is 2. The number of para-hydroxylation sites is 2. The Hall–Kier alpha value is -2.08. The summed E-state index contributed by atoms with van der Waals surface area (Å²) in [6, 6.07) is 7.30. The summed E-state index contributed by atoms with van der Waals surface area (Å²) in [4.78, 5) is 22.0. The lowest BCUT2D eigenvalue weighted by atomic mass is 10.2. The maximum absolute atomic E-state index is 11.1. The number of hydrazine groups is 1. The molecule has 0 heterocycles. The Morgan fingerprint density at radius 3 is 2.65 bits per heavy atom. The van der Waals surface area contributed by atoms with Gasteiger partial charge in [0.15, 0.2) is 0 Å². The lowest BCUT2D eigenvalue weighted by Gasteiger charge is -2.11. The van der Waals surface area contributed by atoms with Crippen molar-refractivity contribution < 1.29 is 14.3 Å². The first-order valence-corrected chi connectivity index (χ1v) is 6.62. The van der Waals surface area contributed by atoms with Crippen LogP contribution in [0.15, 0.2) is 24.3 Å². The zero-order valence-electron chi connectivity index (χ0n) is 11.6. The Kier molecular flexibility index (Phi) is 7.13. The molecule has 0 bridgehead atoms.